The van der Waals surface area contributed by atoms with Crippen LogP contribution >= 0.6 is 0 Å². The Labute approximate surface area is 137 Å². The van der Waals surface area contributed by atoms with Gasteiger partial charge in [-0.1, -0.05) is 18.2 Å². The van der Waals surface area contributed by atoms with Gasteiger partial charge in [-0.05, 0) is 30.3 Å². The van der Waals surface area contributed by atoms with Crippen LogP contribution in [0.3, 0.4) is 0 Å². The second-order valence-corrected chi connectivity index (χ2v) is 7.26. The number of fused-ring (bicyclic) bond motifs is 1. The molecule has 0 spiro atoms. The summed E-state index contributed by atoms with van der Waals surface area (Å²) >= 11 is 0. The highest BCUT2D eigenvalue weighted by atomic mass is 32.2. The second-order valence-electron chi connectivity index (χ2n) is 5.16. The number of hydrogen-bond acceptors (Lipinski definition) is 5. The molecule has 3 rings (SSSR count). The number of aromatic amines is 1. The van der Waals surface area contributed by atoms with Crippen LogP contribution in [0.1, 0.15) is 6.42 Å². The Balaban J connectivity index is 1.65. The van der Waals surface area contributed by atoms with Crippen LogP contribution in [0.2, 0.25) is 0 Å². The van der Waals surface area contributed by atoms with Crippen LogP contribution in [-0.4, -0.2) is 25.1 Å². The highest BCUT2D eigenvalue weighted by molar-refractivity contribution is 7.91. The van der Waals surface area contributed by atoms with Crippen molar-refractivity contribution in [3.63, 3.8) is 0 Å². The SMILES string of the molecule is O=C(CCS(=O)(=O)c1ccccc1)Nc1ccc2oc(=O)[nH]c2c1. The lowest BCUT2D eigenvalue weighted by Gasteiger charge is -2.06. The van der Waals surface area contributed by atoms with E-state index in [0.717, 1.165) is 0 Å². The molecule has 3 aromatic rings. The standard InChI is InChI=1S/C16H14N2O5S/c19-15(8-9-24(21,22)12-4-2-1-3-5-12)17-11-6-7-14-13(10-11)18-16(20)23-14/h1-7,10H,8-9H2,(H,17,19)(H,18,20). The van der Waals surface area contributed by atoms with Crippen molar-refractivity contribution in [1.29, 1.82) is 0 Å². The summed E-state index contributed by atoms with van der Waals surface area (Å²) in [7, 11) is -3.50. The highest BCUT2D eigenvalue weighted by Crippen LogP contribution is 2.17. The number of carbonyl (C=O) groups excluding carboxylic acids is 1. The molecule has 1 heterocycles. The summed E-state index contributed by atoms with van der Waals surface area (Å²) in [4.78, 5) is 25.7. The van der Waals surface area contributed by atoms with Crippen LogP contribution in [0.4, 0.5) is 5.69 Å². The van der Waals surface area contributed by atoms with E-state index in [1.54, 1.807) is 36.4 Å². The summed E-state index contributed by atoms with van der Waals surface area (Å²) in [6.07, 6.45) is -0.169. The van der Waals surface area contributed by atoms with Gasteiger partial charge in [-0.25, -0.2) is 13.2 Å². The number of H-pyrrole nitrogens is 1. The average molecular weight is 346 g/mol. The van der Waals surface area contributed by atoms with Crippen molar-refractivity contribution in [2.24, 2.45) is 0 Å². The zero-order valence-electron chi connectivity index (χ0n) is 12.5. The number of oxazole rings is 1. The van der Waals surface area contributed by atoms with Gasteiger partial charge in [0.25, 0.3) is 0 Å². The summed E-state index contributed by atoms with van der Waals surface area (Å²) < 4.78 is 29.1. The molecule has 24 heavy (non-hydrogen) atoms. The molecule has 0 aliphatic carbocycles. The van der Waals surface area contributed by atoms with E-state index in [0.29, 0.717) is 16.8 Å². The van der Waals surface area contributed by atoms with E-state index in [1.807, 2.05) is 0 Å². The molecule has 0 bridgehead atoms. The van der Waals surface area contributed by atoms with Gasteiger partial charge in [-0.15, -0.1) is 0 Å². The van der Waals surface area contributed by atoms with E-state index < -0.39 is 21.5 Å². The maximum atomic E-state index is 12.1. The number of sulfone groups is 1. The molecule has 0 saturated heterocycles. The average Bonchev–Trinajstić information content (AvgIpc) is 2.93. The Morgan fingerprint density at radius 3 is 2.62 bits per heavy atom. The summed E-state index contributed by atoms with van der Waals surface area (Å²) in [5.41, 5.74) is 1.28. The molecule has 1 aromatic heterocycles. The first kappa shape index (κ1) is 16.0. The number of aromatic nitrogens is 1. The van der Waals surface area contributed by atoms with Gasteiger partial charge in [0.15, 0.2) is 15.4 Å². The van der Waals surface area contributed by atoms with Crippen LogP contribution in [0.25, 0.3) is 11.1 Å². The van der Waals surface area contributed by atoms with E-state index >= 15 is 0 Å². The van der Waals surface area contributed by atoms with Gasteiger partial charge in [-0.2, -0.15) is 0 Å². The van der Waals surface area contributed by atoms with Gasteiger partial charge in [0.1, 0.15) is 0 Å². The Bertz CT molecular complexity index is 1040. The van der Waals surface area contributed by atoms with E-state index in [9.17, 15) is 18.0 Å². The predicted molar refractivity (Wildman–Crippen MR) is 88.6 cm³/mol. The van der Waals surface area contributed by atoms with E-state index in [1.165, 1.54) is 12.1 Å². The Morgan fingerprint density at radius 1 is 1.12 bits per heavy atom. The normalized spacial score (nSPS) is 11.5. The van der Waals surface area contributed by atoms with Crippen molar-refractivity contribution in [1.82, 2.24) is 4.98 Å². The van der Waals surface area contributed by atoms with Crippen molar-refractivity contribution < 1.29 is 17.6 Å². The summed E-state index contributed by atoms with van der Waals surface area (Å²) in [6.45, 7) is 0. The quantitative estimate of drug-likeness (QED) is 0.733. The van der Waals surface area contributed by atoms with Gasteiger partial charge >= 0.3 is 5.76 Å². The number of amides is 1. The third-order valence-corrected chi connectivity index (χ3v) is 5.13. The molecule has 2 aromatic carbocycles. The minimum atomic E-state index is -3.50. The number of carbonyl (C=O) groups is 1. The molecular formula is C16H14N2O5S. The number of anilines is 1. The molecule has 8 heteroatoms. The van der Waals surface area contributed by atoms with Gasteiger partial charge < -0.3 is 9.73 Å². The molecule has 0 aliphatic rings. The highest BCUT2D eigenvalue weighted by Gasteiger charge is 2.16. The van der Waals surface area contributed by atoms with Crippen molar-refractivity contribution in [3.8, 4) is 0 Å². The molecule has 0 fully saturated rings. The van der Waals surface area contributed by atoms with E-state index in [-0.39, 0.29) is 17.1 Å². The third kappa shape index (κ3) is 3.54. The molecule has 124 valence electrons. The first-order chi connectivity index (χ1) is 11.4. The van der Waals surface area contributed by atoms with Crippen molar-refractivity contribution in [2.75, 3.05) is 11.1 Å². The number of hydrogen-bond donors (Lipinski definition) is 2. The van der Waals surface area contributed by atoms with Gasteiger partial charge in [-0.3, -0.25) is 9.78 Å². The summed E-state index contributed by atoms with van der Waals surface area (Å²) in [5, 5.41) is 2.60. The fraction of sp³-hybridized carbons (Fsp3) is 0.125. The van der Waals surface area contributed by atoms with Crippen LogP contribution in [0.15, 0.2) is 62.6 Å². The van der Waals surface area contributed by atoms with Crippen molar-refractivity contribution in [2.45, 2.75) is 11.3 Å². The molecule has 0 unspecified atom stereocenters. The first-order valence-electron chi connectivity index (χ1n) is 7.14. The Kier molecular flexibility index (Phi) is 4.22. The largest absolute Gasteiger partial charge is 0.417 e. The van der Waals surface area contributed by atoms with Gasteiger partial charge in [0, 0.05) is 12.1 Å². The van der Waals surface area contributed by atoms with Crippen LogP contribution in [0.5, 0.6) is 0 Å². The number of rotatable bonds is 5. The van der Waals surface area contributed by atoms with E-state index in [2.05, 4.69) is 10.3 Å². The predicted octanol–water partition coefficient (Wildman–Crippen LogP) is 1.92. The van der Waals surface area contributed by atoms with Crippen LogP contribution in [0, 0.1) is 0 Å². The molecule has 0 atom stereocenters. The smallest absolute Gasteiger partial charge is 0.408 e. The molecule has 0 radical (unpaired) electrons. The third-order valence-electron chi connectivity index (χ3n) is 3.40. The molecule has 2 N–H and O–H groups in total. The molecule has 1 amide bonds. The van der Waals surface area contributed by atoms with Crippen LogP contribution < -0.4 is 11.1 Å². The fourth-order valence-electron chi connectivity index (χ4n) is 2.23. The number of nitrogens with one attached hydrogen (secondary N) is 2. The topological polar surface area (TPSA) is 109 Å². The lowest BCUT2D eigenvalue weighted by Crippen LogP contribution is -2.17. The first-order valence-corrected chi connectivity index (χ1v) is 8.80. The summed E-state index contributed by atoms with van der Waals surface area (Å²) in [6, 6.07) is 12.6. The molecule has 0 saturated carbocycles. The molecule has 0 aliphatic heterocycles. The minimum Gasteiger partial charge on any atom is -0.408 e. The zero-order valence-corrected chi connectivity index (χ0v) is 13.3. The maximum absolute atomic E-state index is 12.1. The fourth-order valence-corrected chi connectivity index (χ4v) is 3.49. The second kappa shape index (κ2) is 6.32. The zero-order chi connectivity index (χ0) is 17.2. The number of benzene rings is 2. The Hall–Kier alpha value is -2.87. The monoisotopic (exact) mass is 346 g/mol. The van der Waals surface area contributed by atoms with Gasteiger partial charge in [0.05, 0.1) is 16.2 Å². The Morgan fingerprint density at radius 2 is 1.88 bits per heavy atom. The van der Waals surface area contributed by atoms with Crippen molar-refractivity contribution in [3.05, 3.63) is 59.1 Å². The van der Waals surface area contributed by atoms with Crippen LogP contribution in [-0.2, 0) is 14.6 Å². The maximum Gasteiger partial charge on any atom is 0.417 e. The lowest BCUT2D eigenvalue weighted by atomic mass is 10.3. The molecular weight excluding hydrogens is 332 g/mol. The summed E-state index contributed by atoms with van der Waals surface area (Å²) in [5.74, 6) is -1.30. The van der Waals surface area contributed by atoms with Crippen molar-refractivity contribution >= 4 is 32.5 Å². The minimum absolute atomic E-state index is 0.169. The lowest BCUT2D eigenvalue weighted by molar-refractivity contribution is -0.115. The molecule has 7 nitrogen and oxygen atoms in total. The van der Waals surface area contributed by atoms with Gasteiger partial charge in [0.2, 0.25) is 5.91 Å². The van der Waals surface area contributed by atoms with E-state index in [4.69, 9.17) is 4.42 Å².